The molecule has 2 rings (SSSR count). The average Bonchev–Trinajstić information content (AvgIpc) is 3.05. The molecule has 2 atom stereocenters. The Morgan fingerprint density at radius 3 is 2.17 bits per heavy atom. The first-order valence-electron chi connectivity index (χ1n) is 6.17. The van der Waals surface area contributed by atoms with E-state index in [1.54, 1.807) is 0 Å². The van der Waals surface area contributed by atoms with Crippen molar-refractivity contribution in [1.29, 1.82) is 0 Å². The van der Waals surface area contributed by atoms with E-state index in [0.29, 0.717) is 12.0 Å². The van der Waals surface area contributed by atoms with Crippen LogP contribution in [-0.4, -0.2) is 50.0 Å². The van der Waals surface area contributed by atoms with Gasteiger partial charge in [-0.25, -0.2) is 4.99 Å². The van der Waals surface area contributed by atoms with Crippen molar-refractivity contribution in [2.45, 2.75) is 18.4 Å². The number of halogens is 1. The lowest BCUT2D eigenvalue weighted by atomic mass is 10.1. The molecule has 1 aliphatic carbocycles. The van der Waals surface area contributed by atoms with Crippen molar-refractivity contribution in [3.63, 3.8) is 0 Å². The van der Waals surface area contributed by atoms with E-state index < -0.39 is 0 Å². The molecule has 0 N–H and O–H groups in total. The summed E-state index contributed by atoms with van der Waals surface area (Å²) in [5.41, 5.74) is 1.39. The Labute approximate surface area is 118 Å². The van der Waals surface area contributed by atoms with Gasteiger partial charge < -0.3 is 9.80 Å². The van der Waals surface area contributed by atoms with Gasteiger partial charge in [0.2, 0.25) is 0 Å². The van der Waals surface area contributed by atoms with Crippen molar-refractivity contribution in [1.82, 2.24) is 9.80 Å². The Bertz CT molecular complexity index is 427. The number of hydrogen-bond acceptors (Lipinski definition) is 1. The molecule has 0 heterocycles. The highest BCUT2D eigenvalue weighted by molar-refractivity contribution is 9.10. The Kier molecular flexibility index (Phi) is 3.95. The van der Waals surface area contributed by atoms with Crippen LogP contribution < -0.4 is 0 Å². The number of guanidine groups is 1. The van der Waals surface area contributed by atoms with Gasteiger partial charge in [0.1, 0.15) is 0 Å². The summed E-state index contributed by atoms with van der Waals surface area (Å²) in [5.74, 6) is 1.63. The highest BCUT2D eigenvalue weighted by atomic mass is 79.9. The summed E-state index contributed by atoms with van der Waals surface area (Å²) >= 11 is 3.47. The van der Waals surface area contributed by atoms with Crippen LogP contribution in [0, 0.1) is 0 Å². The molecule has 0 bridgehead atoms. The molecule has 1 fully saturated rings. The second-order valence-corrected chi connectivity index (χ2v) is 6.09. The van der Waals surface area contributed by atoms with Gasteiger partial charge in [-0.3, -0.25) is 0 Å². The Hall–Kier alpha value is -1.03. The van der Waals surface area contributed by atoms with E-state index in [1.807, 2.05) is 28.2 Å². The maximum atomic E-state index is 4.82. The van der Waals surface area contributed by atoms with Gasteiger partial charge in [0.05, 0.1) is 6.04 Å². The third-order valence-electron chi connectivity index (χ3n) is 3.14. The van der Waals surface area contributed by atoms with Gasteiger partial charge in [0, 0.05) is 38.6 Å². The quantitative estimate of drug-likeness (QED) is 0.618. The SMILES string of the molecule is CN(C)C(=N[C@@H]1C[C@H]1c1ccc(Br)cc1)N(C)C. The van der Waals surface area contributed by atoms with Gasteiger partial charge in [0.25, 0.3) is 0 Å². The molecular weight excluding hydrogens is 290 g/mol. The van der Waals surface area contributed by atoms with Gasteiger partial charge in [-0.2, -0.15) is 0 Å². The molecule has 18 heavy (non-hydrogen) atoms. The predicted molar refractivity (Wildman–Crippen MR) is 80.1 cm³/mol. The van der Waals surface area contributed by atoms with Crippen LogP contribution >= 0.6 is 15.9 Å². The fourth-order valence-electron chi connectivity index (χ4n) is 2.17. The van der Waals surface area contributed by atoms with Gasteiger partial charge in [-0.05, 0) is 24.1 Å². The van der Waals surface area contributed by atoms with Crippen molar-refractivity contribution < 1.29 is 0 Å². The summed E-state index contributed by atoms with van der Waals surface area (Å²) in [6, 6.07) is 9.02. The van der Waals surface area contributed by atoms with Gasteiger partial charge >= 0.3 is 0 Å². The molecule has 3 nitrogen and oxygen atoms in total. The van der Waals surface area contributed by atoms with Crippen LogP contribution in [0.5, 0.6) is 0 Å². The van der Waals surface area contributed by atoms with E-state index in [-0.39, 0.29) is 0 Å². The number of nitrogens with zero attached hydrogens (tertiary/aromatic N) is 3. The molecule has 0 amide bonds. The van der Waals surface area contributed by atoms with Crippen molar-refractivity contribution >= 4 is 21.9 Å². The van der Waals surface area contributed by atoms with Crippen molar-refractivity contribution in [3.05, 3.63) is 34.3 Å². The highest BCUT2D eigenvalue weighted by Gasteiger charge is 2.38. The number of benzene rings is 1. The first-order valence-corrected chi connectivity index (χ1v) is 6.96. The maximum absolute atomic E-state index is 4.82. The molecular formula is C14H20BrN3. The zero-order chi connectivity index (χ0) is 13.3. The van der Waals surface area contributed by atoms with Crippen molar-refractivity contribution in [3.8, 4) is 0 Å². The van der Waals surface area contributed by atoms with E-state index in [0.717, 1.165) is 16.9 Å². The van der Waals surface area contributed by atoms with E-state index in [1.165, 1.54) is 5.56 Å². The first-order chi connectivity index (χ1) is 8.49. The lowest BCUT2D eigenvalue weighted by Crippen LogP contribution is -2.35. The normalized spacial score (nSPS) is 21.4. The second kappa shape index (κ2) is 5.31. The second-order valence-electron chi connectivity index (χ2n) is 5.18. The van der Waals surface area contributed by atoms with Crippen LogP contribution in [0.4, 0.5) is 0 Å². The minimum Gasteiger partial charge on any atom is -0.349 e. The molecule has 1 aromatic rings. The lowest BCUT2D eigenvalue weighted by molar-refractivity contribution is 0.479. The van der Waals surface area contributed by atoms with E-state index in [2.05, 4.69) is 50.0 Å². The molecule has 0 saturated heterocycles. The van der Waals surface area contributed by atoms with E-state index >= 15 is 0 Å². The van der Waals surface area contributed by atoms with Crippen LogP contribution in [0.25, 0.3) is 0 Å². The molecule has 0 spiro atoms. The molecule has 1 saturated carbocycles. The molecule has 0 aliphatic heterocycles. The minimum atomic E-state index is 0.436. The summed E-state index contributed by atoms with van der Waals surface area (Å²) in [6.07, 6.45) is 1.16. The first kappa shape index (κ1) is 13.4. The van der Waals surface area contributed by atoms with Crippen molar-refractivity contribution in [2.24, 2.45) is 4.99 Å². The van der Waals surface area contributed by atoms with Crippen LogP contribution in [-0.2, 0) is 0 Å². The smallest absolute Gasteiger partial charge is 0.195 e. The summed E-state index contributed by atoms with van der Waals surface area (Å²) < 4.78 is 1.13. The third kappa shape index (κ3) is 3.05. The van der Waals surface area contributed by atoms with Crippen LogP contribution in [0.15, 0.2) is 33.7 Å². The summed E-state index contributed by atoms with van der Waals surface area (Å²) in [7, 11) is 8.15. The maximum Gasteiger partial charge on any atom is 0.195 e. The van der Waals surface area contributed by atoms with Crippen LogP contribution in [0.1, 0.15) is 17.9 Å². The minimum absolute atomic E-state index is 0.436. The molecule has 1 aromatic carbocycles. The summed E-state index contributed by atoms with van der Waals surface area (Å²) in [6.45, 7) is 0. The molecule has 0 radical (unpaired) electrons. The topological polar surface area (TPSA) is 18.8 Å². The summed E-state index contributed by atoms with van der Waals surface area (Å²) in [5, 5.41) is 0. The molecule has 98 valence electrons. The van der Waals surface area contributed by atoms with E-state index in [4.69, 9.17) is 4.99 Å². The lowest BCUT2D eigenvalue weighted by Gasteiger charge is -2.22. The number of rotatable bonds is 2. The number of aliphatic imine (C=N–C) groups is 1. The summed E-state index contributed by atoms with van der Waals surface area (Å²) in [4.78, 5) is 8.96. The zero-order valence-electron chi connectivity index (χ0n) is 11.4. The Morgan fingerprint density at radius 1 is 1.11 bits per heavy atom. The largest absolute Gasteiger partial charge is 0.349 e. The van der Waals surface area contributed by atoms with E-state index in [9.17, 15) is 0 Å². The Balaban J connectivity index is 2.07. The molecule has 4 heteroatoms. The van der Waals surface area contributed by atoms with Gasteiger partial charge in [-0.15, -0.1) is 0 Å². The molecule has 1 aliphatic rings. The third-order valence-corrected chi connectivity index (χ3v) is 3.66. The van der Waals surface area contributed by atoms with Crippen LogP contribution in [0.2, 0.25) is 0 Å². The average molecular weight is 310 g/mol. The fraction of sp³-hybridized carbons (Fsp3) is 0.500. The fourth-order valence-corrected chi connectivity index (χ4v) is 2.44. The van der Waals surface area contributed by atoms with Crippen molar-refractivity contribution in [2.75, 3.05) is 28.2 Å². The zero-order valence-corrected chi connectivity index (χ0v) is 13.0. The number of hydrogen-bond donors (Lipinski definition) is 0. The standard InChI is InChI=1S/C14H20BrN3/c1-17(2)14(18(3)4)16-13-9-12(13)10-5-7-11(15)8-6-10/h5-8,12-13H,9H2,1-4H3/t12-,13+/m0/s1. The predicted octanol–water partition coefficient (Wildman–Crippen LogP) is 2.78. The molecule has 0 aromatic heterocycles. The Morgan fingerprint density at radius 2 is 1.67 bits per heavy atom. The van der Waals surface area contributed by atoms with Gasteiger partial charge in [0.15, 0.2) is 5.96 Å². The van der Waals surface area contributed by atoms with Gasteiger partial charge in [-0.1, -0.05) is 28.1 Å². The highest BCUT2D eigenvalue weighted by Crippen LogP contribution is 2.43. The monoisotopic (exact) mass is 309 g/mol. The molecule has 0 unspecified atom stereocenters. The van der Waals surface area contributed by atoms with Crippen LogP contribution in [0.3, 0.4) is 0 Å².